The maximum absolute atomic E-state index is 6.07. The number of aliphatic imine (C=N–C) groups is 1. The third-order valence-corrected chi connectivity index (χ3v) is 3.75. The van der Waals surface area contributed by atoms with Crippen molar-refractivity contribution >= 4 is 29.9 Å². The first-order chi connectivity index (χ1) is 9.18. The summed E-state index contributed by atoms with van der Waals surface area (Å²) in [5.74, 6) is 1.58. The summed E-state index contributed by atoms with van der Waals surface area (Å²) < 4.78 is 5.15. The SMILES string of the molecule is Cc1noc(C)c1CCN=C(N)N1CCCCCC1.I. The van der Waals surface area contributed by atoms with Crippen molar-refractivity contribution in [2.75, 3.05) is 19.6 Å². The van der Waals surface area contributed by atoms with Gasteiger partial charge in [-0.05, 0) is 33.1 Å². The van der Waals surface area contributed by atoms with Crippen molar-refractivity contribution in [3.05, 3.63) is 17.0 Å². The fourth-order valence-electron chi connectivity index (χ4n) is 2.54. The number of nitrogens with zero attached hydrogens (tertiary/aromatic N) is 3. The van der Waals surface area contributed by atoms with Gasteiger partial charge in [0.2, 0.25) is 0 Å². The van der Waals surface area contributed by atoms with E-state index in [4.69, 9.17) is 10.3 Å². The number of hydrogen-bond acceptors (Lipinski definition) is 3. The predicted octanol–water partition coefficient (Wildman–Crippen LogP) is 2.64. The lowest BCUT2D eigenvalue weighted by Crippen LogP contribution is -2.38. The minimum absolute atomic E-state index is 0. The Morgan fingerprint density at radius 2 is 1.90 bits per heavy atom. The molecule has 1 aromatic rings. The summed E-state index contributed by atoms with van der Waals surface area (Å²) in [6.07, 6.45) is 5.90. The number of likely N-dealkylation sites (tertiary alicyclic amines) is 1. The van der Waals surface area contributed by atoms with Gasteiger partial charge in [-0.25, -0.2) is 0 Å². The molecule has 6 heteroatoms. The molecule has 0 aliphatic carbocycles. The Hall–Kier alpha value is -0.790. The molecule has 1 saturated heterocycles. The number of nitrogens with two attached hydrogens (primary N) is 1. The van der Waals surface area contributed by atoms with Gasteiger partial charge >= 0.3 is 0 Å². The molecule has 1 fully saturated rings. The van der Waals surface area contributed by atoms with E-state index in [0.717, 1.165) is 36.5 Å². The Morgan fingerprint density at radius 3 is 2.45 bits per heavy atom. The topological polar surface area (TPSA) is 67.6 Å². The van der Waals surface area contributed by atoms with Crippen LogP contribution in [0.4, 0.5) is 0 Å². The van der Waals surface area contributed by atoms with Gasteiger partial charge in [-0.15, -0.1) is 24.0 Å². The summed E-state index contributed by atoms with van der Waals surface area (Å²) in [6.45, 7) is 6.69. The second-order valence-electron chi connectivity index (χ2n) is 5.19. The molecule has 0 bridgehead atoms. The summed E-state index contributed by atoms with van der Waals surface area (Å²) >= 11 is 0. The van der Waals surface area contributed by atoms with Crippen LogP contribution in [0.25, 0.3) is 0 Å². The number of aromatic nitrogens is 1. The molecule has 0 spiro atoms. The molecule has 0 saturated carbocycles. The average Bonchev–Trinajstić information content (AvgIpc) is 2.64. The molecule has 0 unspecified atom stereocenters. The van der Waals surface area contributed by atoms with Gasteiger partial charge in [-0.3, -0.25) is 4.99 Å². The van der Waals surface area contributed by atoms with E-state index in [2.05, 4.69) is 15.0 Å². The Kier molecular flexibility index (Phi) is 7.32. The monoisotopic (exact) mass is 392 g/mol. The fourth-order valence-corrected chi connectivity index (χ4v) is 2.54. The zero-order valence-corrected chi connectivity index (χ0v) is 14.7. The summed E-state index contributed by atoms with van der Waals surface area (Å²) in [5.41, 5.74) is 8.19. The Bertz CT molecular complexity index is 417. The van der Waals surface area contributed by atoms with E-state index in [1.165, 1.54) is 25.7 Å². The molecule has 5 nitrogen and oxygen atoms in total. The zero-order valence-electron chi connectivity index (χ0n) is 12.4. The van der Waals surface area contributed by atoms with E-state index >= 15 is 0 Å². The second-order valence-corrected chi connectivity index (χ2v) is 5.19. The Labute approximate surface area is 138 Å². The lowest BCUT2D eigenvalue weighted by Gasteiger charge is -2.21. The molecule has 0 atom stereocenters. The van der Waals surface area contributed by atoms with Crippen molar-refractivity contribution in [1.29, 1.82) is 0 Å². The number of rotatable bonds is 3. The largest absolute Gasteiger partial charge is 0.370 e. The van der Waals surface area contributed by atoms with E-state index in [1.807, 2.05) is 13.8 Å². The van der Waals surface area contributed by atoms with Crippen molar-refractivity contribution in [2.45, 2.75) is 46.0 Å². The summed E-state index contributed by atoms with van der Waals surface area (Å²) in [4.78, 5) is 6.71. The van der Waals surface area contributed by atoms with E-state index in [9.17, 15) is 0 Å². The first-order valence-electron chi connectivity index (χ1n) is 7.15. The van der Waals surface area contributed by atoms with Gasteiger partial charge in [0.25, 0.3) is 0 Å². The molecular weight excluding hydrogens is 367 g/mol. The normalized spacial score (nSPS) is 16.7. The number of aryl methyl sites for hydroxylation is 2. The number of halogens is 1. The maximum atomic E-state index is 6.07. The molecule has 2 rings (SSSR count). The third-order valence-electron chi connectivity index (χ3n) is 3.75. The molecule has 0 radical (unpaired) electrons. The number of hydrogen-bond donors (Lipinski definition) is 1. The highest BCUT2D eigenvalue weighted by molar-refractivity contribution is 14.0. The van der Waals surface area contributed by atoms with E-state index in [0.29, 0.717) is 12.5 Å². The molecule has 20 heavy (non-hydrogen) atoms. The van der Waals surface area contributed by atoms with E-state index < -0.39 is 0 Å². The molecule has 1 aliphatic heterocycles. The van der Waals surface area contributed by atoms with Gasteiger partial charge in [-0.1, -0.05) is 18.0 Å². The van der Waals surface area contributed by atoms with Gasteiger partial charge < -0.3 is 15.2 Å². The van der Waals surface area contributed by atoms with Crippen LogP contribution in [0.1, 0.15) is 42.7 Å². The van der Waals surface area contributed by atoms with Gasteiger partial charge in [-0.2, -0.15) is 0 Å². The summed E-state index contributed by atoms with van der Waals surface area (Å²) in [6, 6.07) is 0. The van der Waals surface area contributed by atoms with Crippen LogP contribution in [0, 0.1) is 13.8 Å². The van der Waals surface area contributed by atoms with Crippen LogP contribution < -0.4 is 5.73 Å². The average molecular weight is 392 g/mol. The minimum atomic E-state index is 0. The van der Waals surface area contributed by atoms with Gasteiger partial charge in [0.15, 0.2) is 5.96 Å². The van der Waals surface area contributed by atoms with E-state index in [-0.39, 0.29) is 24.0 Å². The summed E-state index contributed by atoms with van der Waals surface area (Å²) in [7, 11) is 0. The lowest BCUT2D eigenvalue weighted by molar-refractivity contribution is 0.392. The van der Waals surface area contributed by atoms with Gasteiger partial charge in [0, 0.05) is 25.2 Å². The van der Waals surface area contributed by atoms with Crippen LogP contribution in [0.15, 0.2) is 9.52 Å². The van der Waals surface area contributed by atoms with Crippen molar-refractivity contribution in [2.24, 2.45) is 10.7 Å². The minimum Gasteiger partial charge on any atom is -0.370 e. The highest BCUT2D eigenvalue weighted by Gasteiger charge is 2.11. The molecule has 114 valence electrons. The van der Waals surface area contributed by atoms with Crippen molar-refractivity contribution in [3.8, 4) is 0 Å². The highest BCUT2D eigenvalue weighted by Crippen LogP contribution is 2.13. The van der Waals surface area contributed by atoms with E-state index in [1.54, 1.807) is 0 Å². The lowest BCUT2D eigenvalue weighted by atomic mass is 10.1. The second kappa shape index (κ2) is 8.49. The smallest absolute Gasteiger partial charge is 0.191 e. The maximum Gasteiger partial charge on any atom is 0.191 e. The van der Waals surface area contributed by atoms with Gasteiger partial charge in [0.05, 0.1) is 5.69 Å². The molecule has 1 aromatic heterocycles. The third kappa shape index (κ3) is 4.64. The highest BCUT2D eigenvalue weighted by atomic mass is 127. The molecular formula is C14H25IN4O. The van der Waals surface area contributed by atoms with Crippen molar-refractivity contribution in [3.63, 3.8) is 0 Å². The van der Waals surface area contributed by atoms with Gasteiger partial charge in [0.1, 0.15) is 5.76 Å². The standard InChI is InChI=1S/C14H24N4O.HI/c1-11-13(12(2)19-17-11)7-8-16-14(15)18-9-5-3-4-6-10-18;/h3-10H2,1-2H3,(H2,15,16);1H. The molecule has 2 heterocycles. The first-order valence-corrected chi connectivity index (χ1v) is 7.15. The zero-order chi connectivity index (χ0) is 13.7. The first kappa shape index (κ1) is 17.3. The van der Waals surface area contributed by atoms with Crippen LogP contribution >= 0.6 is 24.0 Å². The van der Waals surface area contributed by atoms with Crippen LogP contribution in [0.3, 0.4) is 0 Å². The quantitative estimate of drug-likeness (QED) is 0.488. The molecule has 0 amide bonds. The summed E-state index contributed by atoms with van der Waals surface area (Å²) in [5, 5.41) is 3.95. The van der Waals surface area contributed by atoms with Crippen LogP contribution in [0.2, 0.25) is 0 Å². The fraction of sp³-hybridized carbons (Fsp3) is 0.714. The van der Waals surface area contributed by atoms with Crippen molar-refractivity contribution in [1.82, 2.24) is 10.1 Å². The predicted molar refractivity (Wildman–Crippen MR) is 91.6 cm³/mol. The van der Waals surface area contributed by atoms with Crippen LogP contribution in [0.5, 0.6) is 0 Å². The molecule has 2 N–H and O–H groups in total. The Morgan fingerprint density at radius 1 is 1.25 bits per heavy atom. The molecule has 0 aromatic carbocycles. The number of guanidine groups is 1. The van der Waals surface area contributed by atoms with Crippen LogP contribution in [-0.4, -0.2) is 35.7 Å². The van der Waals surface area contributed by atoms with Crippen molar-refractivity contribution < 1.29 is 4.52 Å². The Balaban J connectivity index is 0.00000200. The van der Waals surface area contributed by atoms with Crippen LogP contribution in [-0.2, 0) is 6.42 Å². The molecule has 1 aliphatic rings.